The Labute approximate surface area is 172 Å². The van der Waals surface area contributed by atoms with Gasteiger partial charge in [-0.05, 0) is 66.4 Å². The number of hydrogen-bond donors (Lipinski definition) is 0. The molecule has 2 unspecified atom stereocenters. The van der Waals surface area contributed by atoms with E-state index in [2.05, 4.69) is 34.4 Å². The van der Waals surface area contributed by atoms with Crippen molar-refractivity contribution in [2.75, 3.05) is 0 Å². The molecule has 1 aliphatic heterocycles. The predicted octanol–water partition coefficient (Wildman–Crippen LogP) is 4.36. The van der Waals surface area contributed by atoms with Crippen molar-refractivity contribution >= 4 is 40.2 Å². The molecule has 0 spiro atoms. The first kappa shape index (κ1) is 20.7. The zero-order valence-corrected chi connectivity index (χ0v) is 17.7. The molecular weight excluding hydrogens is 423 g/mol. The molecule has 0 N–H and O–H groups in total. The Hall–Kier alpha value is -2.05. The SMILES string of the molecule is C=c1/c(=C(/C)N=CCCC)ccn1C1CCC(C(=O)c2ccc(F)c(Br)c2)O1. The van der Waals surface area contributed by atoms with Crippen LogP contribution in [0.1, 0.15) is 56.1 Å². The Kier molecular flexibility index (Phi) is 6.62. The first-order valence-corrected chi connectivity index (χ1v) is 10.3. The van der Waals surface area contributed by atoms with E-state index in [0.717, 1.165) is 29.1 Å². The minimum atomic E-state index is -0.541. The van der Waals surface area contributed by atoms with Crippen LogP contribution in [-0.2, 0) is 4.74 Å². The maximum atomic E-state index is 13.4. The third-order valence-electron chi connectivity index (χ3n) is 4.92. The smallest absolute Gasteiger partial charge is 0.191 e. The lowest BCUT2D eigenvalue weighted by Gasteiger charge is -2.15. The lowest BCUT2D eigenvalue weighted by molar-refractivity contribution is 0.00616. The summed E-state index contributed by atoms with van der Waals surface area (Å²) in [6, 6.07) is 6.26. The number of hydrogen-bond acceptors (Lipinski definition) is 3. The summed E-state index contributed by atoms with van der Waals surface area (Å²) >= 11 is 3.13. The van der Waals surface area contributed by atoms with Crippen molar-refractivity contribution in [1.29, 1.82) is 0 Å². The van der Waals surface area contributed by atoms with Gasteiger partial charge in [-0.2, -0.15) is 0 Å². The van der Waals surface area contributed by atoms with Gasteiger partial charge in [-0.1, -0.05) is 19.9 Å². The van der Waals surface area contributed by atoms with Gasteiger partial charge in [0.1, 0.15) is 18.1 Å². The molecule has 1 aromatic carbocycles. The van der Waals surface area contributed by atoms with Crippen molar-refractivity contribution in [2.45, 2.75) is 51.9 Å². The third-order valence-corrected chi connectivity index (χ3v) is 5.53. The summed E-state index contributed by atoms with van der Waals surface area (Å²) in [5.41, 5.74) is 1.36. The molecule has 6 heteroatoms. The number of Topliss-reactive ketones (excluding diaryl/α,β-unsaturated/α-hetero) is 1. The van der Waals surface area contributed by atoms with Gasteiger partial charge < -0.3 is 9.30 Å². The molecule has 1 fully saturated rings. The Bertz CT molecular complexity index is 1010. The topological polar surface area (TPSA) is 43.6 Å². The quantitative estimate of drug-likeness (QED) is 0.488. The number of carbonyl (C=O) groups is 1. The molecule has 0 radical (unpaired) electrons. The zero-order chi connectivity index (χ0) is 20.3. The number of carbonyl (C=O) groups excluding carboxylic acids is 1. The first-order valence-electron chi connectivity index (χ1n) is 9.46. The fourth-order valence-electron chi connectivity index (χ4n) is 3.33. The number of ether oxygens (including phenoxy) is 1. The summed E-state index contributed by atoms with van der Waals surface area (Å²) < 4.78 is 21.7. The third kappa shape index (κ3) is 4.33. The number of halogens is 2. The van der Waals surface area contributed by atoms with Crippen LogP contribution < -0.4 is 10.6 Å². The monoisotopic (exact) mass is 446 g/mol. The highest BCUT2D eigenvalue weighted by atomic mass is 79.9. The summed E-state index contributed by atoms with van der Waals surface area (Å²) in [7, 11) is 0. The Morgan fingerprint density at radius 2 is 2.21 bits per heavy atom. The van der Waals surface area contributed by atoms with E-state index in [1.807, 2.05) is 30.0 Å². The minimum absolute atomic E-state index is 0.131. The van der Waals surface area contributed by atoms with E-state index in [4.69, 9.17) is 4.74 Å². The fraction of sp³-hybridized carbons (Fsp3) is 0.364. The van der Waals surface area contributed by atoms with Crippen LogP contribution in [0.3, 0.4) is 0 Å². The number of benzene rings is 1. The van der Waals surface area contributed by atoms with Gasteiger partial charge in [0.05, 0.1) is 4.47 Å². The van der Waals surface area contributed by atoms with Gasteiger partial charge in [-0.25, -0.2) is 4.39 Å². The number of rotatable bonds is 6. The van der Waals surface area contributed by atoms with E-state index < -0.39 is 11.9 Å². The number of aliphatic imine (C=N–C) groups is 1. The summed E-state index contributed by atoms with van der Waals surface area (Å²) in [5, 5.41) is 1.81. The molecule has 1 aromatic heterocycles. The largest absolute Gasteiger partial charge is 0.347 e. The van der Waals surface area contributed by atoms with Gasteiger partial charge in [-0.15, -0.1) is 0 Å². The van der Waals surface area contributed by atoms with E-state index >= 15 is 0 Å². The molecule has 148 valence electrons. The van der Waals surface area contributed by atoms with Gasteiger partial charge in [-0.3, -0.25) is 9.79 Å². The molecule has 4 nitrogen and oxygen atoms in total. The number of nitrogens with zero attached hydrogens (tertiary/aromatic N) is 2. The van der Waals surface area contributed by atoms with Crippen LogP contribution in [0.4, 0.5) is 4.39 Å². The molecule has 3 rings (SSSR count). The van der Waals surface area contributed by atoms with E-state index in [0.29, 0.717) is 18.4 Å². The second-order valence-electron chi connectivity index (χ2n) is 6.92. The lowest BCUT2D eigenvalue weighted by Crippen LogP contribution is -2.31. The van der Waals surface area contributed by atoms with Gasteiger partial charge in [0.15, 0.2) is 5.78 Å². The molecule has 2 aromatic rings. The minimum Gasteiger partial charge on any atom is -0.347 e. The van der Waals surface area contributed by atoms with Crippen LogP contribution in [-0.4, -0.2) is 22.7 Å². The highest BCUT2D eigenvalue weighted by Gasteiger charge is 2.32. The normalized spacial score (nSPS) is 20.7. The maximum absolute atomic E-state index is 13.4. The Morgan fingerprint density at radius 1 is 1.43 bits per heavy atom. The van der Waals surface area contributed by atoms with Crippen molar-refractivity contribution in [2.24, 2.45) is 4.99 Å². The summed E-state index contributed by atoms with van der Waals surface area (Å²) in [5.74, 6) is -0.523. The molecule has 0 bridgehead atoms. The molecule has 1 saturated heterocycles. The van der Waals surface area contributed by atoms with Crippen LogP contribution in [0, 0.1) is 5.82 Å². The van der Waals surface area contributed by atoms with Crippen LogP contribution in [0.15, 0.2) is 39.9 Å². The summed E-state index contributed by atoms with van der Waals surface area (Å²) in [6.45, 7) is 8.26. The highest BCUT2D eigenvalue weighted by Crippen LogP contribution is 2.30. The van der Waals surface area contributed by atoms with E-state index in [1.165, 1.54) is 18.2 Å². The van der Waals surface area contributed by atoms with Gasteiger partial charge in [0, 0.05) is 34.2 Å². The lowest BCUT2D eigenvalue weighted by atomic mass is 10.0. The van der Waals surface area contributed by atoms with E-state index in [9.17, 15) is 9.18 Å². The first-order chi connectivity index (χ1) is 13.4. The van der Waals surface area contributed by atoms with Crippen LogP contribution in [0.5, 0.6) is 0 Å². The van der Waals surface area contributed by atoms with Crippen molar-refractivity contribution < 1.29 is 13.9 Å². The molecule has 1 aliphatic rings. The number of aromatic nitrogens is 1. The fourth-order valence-corrected chi connectivity index (χ4v) is 3.71. The van der Waals surface area contributed by atoms with E-state index in [-0.39, 0.29) is 16.5 Å². The molecule has 28 heavy (non-hydrogen) atoms. The van der Waals surface area contributed by atoms with Crippen molar-refractivity contribution in [3.63, 3.8) is 0 Å². The molecule has 2 atom stereocenters. The van der Waals surface area contributed by atoms with E-state index in [1.54, 1.807) is 0 Å². The summed E-state index contributed by atoms with van der Waals surface area (Å²) in [6.07, 6.45) is 6.41. The maximum Gasteiger partial charge on any atom is 0.191 e. The average molecular weight is 447 g/mol. The summed E-state index contributed by atoms with van der Waals surface area (Å²) in [4.78, 5) is 17.2. The second-order valence-corrected chi connectivity index (χ2v) is 7.77. The predicted molar refractivity (Wildman–Crippen MR) is 113 cm³/mol. The highest BCUT2D eigenvalue weighted by molar-refractivity contribution is 9.10. The average Bonchev–Trinajstić information content (AvgIpc) is 3.30. The van der Waals surface area contributed by atoms with Crippen LogP contribution in [0.2, 0.25) is 0 Å². The number of unbranched alkanes of at least 4 members (excludes halogenated alkanes) is 1. The second kappa shape index (κ2) is 8.97. The zero-order valence-electron chi connectivity index (χ0n) is 16.1. The number of ketones is 1. The van der Waals surface area contributed by atoms with Crippen molar-refractivity contribution in [1.82, 2.24) is 4.57 Å². The van der Waals surface area contributed by atoms with Crippen LogP contribution in [0.25, 0.3) is 12.3 Å². The molecule has 0 saturated carbocycles. The van der Waals surface area contributed by atoms with Crippen LogP contribution >= 0.6 is 15.9 Å². The molecule has 0 aliphatic carbocycles. The Morgan fingerprint density at radius 3 is 2.93 bits per heavy atom. The molecule has 2 heterocycles. The van der Waals surface area contributed by atoms with Crippen molar-refractivity contribution in [3.05, 3.63) is 56.9 Å². The molecule has 0 amide bonds. The van der Waals surface area contributed by atoms with Gasteiger partial charge in [0.2, 0.25) is 0 Å². The van der Waals surface area contributed by atoms with Gasteiger partial charge in [0.25, 0.3) is 0 Å². The van der Waals surface area contributed by atoms with Crippen molar-refractivity contribution in [3.8, 4) is 0 Å². The Balaban J connectivity index is 1.77. The molecular formula is C22H24BrFN2O2. The van der Waals surface area contributed by atoms with Gasteiger partial charge >= 0.3 is 0 Å². The standard InChI is InChI=1S/C22H24BrFN2O2/c1-4-5-11-25-14(2)17-10-12-26(15(17)3)21-9-8-20(28-21)22(27)16-6-7-19(24)18(23)13-16/h6-7,10-13,20-21H,3-5,8-9H2,1-2H3/b17-14-,25-11?.